The maximum absolute atomic E-state index is 12.1. The average molecular weight is 351 g/mol. The first-order valence-electron chi connectivity index (χ1n) is 8.71. The molecule has 2 heterocycles. The number of amides is 1. The number of carbonyl (C=O) groups excluding carboxylic acids is 1. The number of nitrogens with zero attached hydrogens (tertiary/aromatic N) is 2. The number of imidazole rings is 1. The maximum atomic E-state index is 12.1. The van der Waals surface area contributed by atoms with Gasteiger partial charge in [-0.3, -0.25) is 4.79 Å². The summed E-state index contributed by atoms with van der Waals surface area (Å²) in [6.07, 6.45) is 0. The predicted molar refractivity (Wildman–Crippen MR) is 98.1 cm³/mol. The third kappa shape index (κ3) is 3.28. The fourth-order valence-electron chi connectivity index (χ4n) is 3.27. The lowest BCUT2D eigenvalue weighted by Gasteiger charge is -2.26. The van der Waals surface area contributed by atoms with E-state index in [-0.39, 0.29) is 18.6 Å². The van der Waals surface area contributed by atoms with Gasteiger partial charge in [-0.2, -0.15) is 0 Å². The number of hydrogen-bond acceptors (Lipinski definition) is 4. The van der Waals surface area contributed by atoms with Gasteiger partial charge in [0.25, 0.3) is 5.91 Å². The average Bonchev–Trinajstić information content (AvgIpc) is 3.06. The number of nitrogens with one attached hydrogen (secondary N) is 1. The van der Waals surface area contributed by atoms with Crippen LogP contribution in [0, 0.1) is 6.92 Å². The second-order valence-corrected chi connectivity index (χ2v) is 6.42. The van der Waals surface area contributed by atoms with E-state index in [4.69, 9.17) is 14.5 Å². The molecule has 0 fully saturated rings. The van der Waals surface area contributed by atoms with Crippen LogP contribution in [0.1, 0.15) is 17.4 Å². The zero-order valence-corrected chi connectivity index (χ0v) is 14.6. The molecule has 4 rings (SSSR count). The Hall–Kier alpha value is -2.86. The van der Waals surface area contributed by atoms with Crippen molar-refractivity contribution in [2.45, 2.75) is 19.6 Å². The van der Waals surface area contributed by atoms with E-state index in [9.17, 15) is 4.79 Å². The van der Waals surface area contributed by atoms with Gasteiger partial charge in [0.05, 0.1) is 23.7 Å². The summed E-state index contributed by atoms with van der Waals surface area (Å²) in [5.74, 6) is 1.43. The van der Waals surface area contributed by atoms with Crippen molar-refractivity contribution in [3.8, 4) is 5.75 Å². The number of hydrogen-bond donors (Lipinski definition) is 1. The van der Waals surface area contributed by atoms with Gasteiger partial charge in [0.1, 0.15) is 18.2 Å². The van der Waals surface area contributed by atoms with Crippen LogP contribution >= 0.6 is 0 Å². The lowest BCUT2D eigenvalue weighted by atomic mass is 10.2. The van der Waals surface area contributed by atoms with Gasteiger partial charge >= 0.3 is 0 Å². The molecular formula is C20H21N3O3. The molecule has 26 heavy (non-hydrogen) atoms. The molecule has 6 heteroatoms. The highest BCUT2D eigenvalue weighted by atomic mass is 16.5. The standard InChI is InChI=1S/C20H21N3O3/c1-14-6-5-9-17-20(14)22-18-12-25-11-15(23(17)18)10-21-19(24)13-26-16-7-3-2-4-8-16/h2-9,15H,10-13H2,1H3,(H,21,24)/t15-/m0/s1. The van der Waals surface area contributed by atoms with Gasteiger partial charge in [-0.15, -0.1) is 0 Å². The Kier molecular flexibility index (Phi) is 4.58. The van der Waals surface area contributed by atoms with Crippen molar-refractivity contribution in [2.75, 3.05) is 19.8 Å². The molecule has 1 aliphatic heterocycles. The van der Waals surface area contributed by atoms with Crippen molar-refractivity contribution in [2.24, 2.45) is 0 Å². The fourth-order valence-corrected chi connectivity index (χ4v) is 3.27. The normalized spacial score (nSPS) is 16.3. The Morgan fingerprint density at radius 1 is 1.27 bits per heavy atom. The summed E-state index contributed by atoms with van der Waals surface area (Å²) < 4.78 is 13.3. The fraction of sp³-hybridized carbons (Fsp3) is 0.300. The largest absolute Gasteiger partial charge is 0.484 e. The summed E-state index contributed by atoms with van der Waals surface area (Å²) in [4.78, 5) is 16.8. The van der Waals surface area contributed by atoms with Gasteiger partial charge < -0.3 is 19.4 Å². The van der Waals surface area contributed by atoms with E-state index in [0.29, 0.717) is 25.5 Å². The highest BCUT2D eigenvalue weighted by Crippen LogP contribution is 2.27. The van der Waals surface area contributed by atoms with Gasteiger partial charge in [-0.05, 0) is 30.7 Å². The monoisotopic (exact) mass is 351 g/mol. The summed E-state index contributed by atoms with van der Waals surface area (Å²) >= 11 is 0. The third-order valence-corrected chi connectivity index (χ3v) is 4.55. The summed E-state index contributed by atoms with van der Waals surface area (Å²) in [5, 5.41) is 2.94. The number of ether oxygens (including phenoxy) is 2. The lowest BCUT2D eigenvalue weighted by Crippen LogP contribution is -2.37. The second kappa shape index (κ2) is 7.17. The van der Waals surface area contributed by atoms with Gasteiger partial charge in [0, 0.05) is 6.54 Å². The summed E-state index contributed by atoms with van der Waals surface area (Å²) in [5.41, 5.74) is 3.23. The zero-order valence-electron chi connectivity index (χ0n) is 14.6. The first-order valence-corrected chi connectivity index (χ1v) is 8.71. The highest BCUT2D eigenvalue weighted by molar-refractivity contribution is 5.80. The van der Waals surface area contributed by atoms with Crippen molar-refractivity contribution in [1.29, 1.82) is 0 Å². The Labute approximate surface area is 151 Å². The summed E-state index contributed by atoms with van der Waals surface area (Å²) in [6, 6.07) is 15.5. The van der Waals surface area contributed by atoms with E-state index in [2.05, 4.69) is 28.9 Å². The number of rotatable bonds is 5. The molecule has 1 N–H and O–H groups in total. The first kappa shape index (κ1) is 16.6. The van der Waals surface area contributed by atoms with Crippen molar-refractivity contribution < 1.29 is 14.3 Å². The molecule has 0 bridgehead atoms. The van der Waals surface area contributed by atoms with Crippen molar-refractivity contribution in [3.05, 3.63) is 59.9 Å². The topological polar surface area (TPSA) is 65.4 Å². The molecule has 2 aromatic carbocycles. The van der Waals surface area contributed by atoms with Crippen LogP contribution in [0.4, 0.5) is 0 Å². The van der Waals surface area contributed by atoms with E-state index in [0.717, 1.165) is 22.4 Å². The van der Waals surface area contributed by atoms with Crippen molar-refractivity contribution in [3.63, 3.8) is 0 Å². The smallest absolute Gasteiger partial charge is 0.258 e. The number of fused-ring (bicyclic) bond motifs is 3. The van der Waals surface area contributed by atoms with Crippen LogP contribution in [0.3, 0.4) is 0 Å². The van der Waals surface area contributed by atoms with Crippen LogP contribution in [0.2, 0.25) is 0 Å². The van der Waals surface area contributed by atoms with E-state index in [1.165, 1.54) is 0 Å². The van der Waals surface area contributed by atoms with E-state index < -0.39 is 0 Å². The molecule has 6 nitrogen and oxygen atoms in total. The number of aromatic nitrogens is 2. The van der Waals surface area contributed by atoms with Gasteiger partial charge in [0.15, 0.2) is 6.61 Å². The van der Waals surface area contributed by atoms with Crippen LogP contribution < -0.4 is 10.1 Å². The first-order chi connectivity index (χ1) is 12.7. The molecule has 1 amide bonds. The molecule has 1 atom stereocenters. The molecule has 0 unspecified atom stereocenters. The SMILES string of the molecule is Cc1cccc2c1nc1n2[C@@H](CNC(=O)COc2ccccc2)COC1. The van der Waals surface area contributed by atoms with Gasteiger partial charge in [-0.1, -0.05) is 30.3 Å². The summed E-state index contributed by atoms with van der Waals surface area (Å²) in [7, 11) is 0. The van der Waals surface area contributed by atoms with Gasteiger partial charge in [0.2, 0.25) is 0 Å². The zero-order chi connectivity index (χ0) is 17.9. The molecular weight excluding hydrogens is 330 g/mol. The maximum Gasteiger partial charge on any atom is 0.258 e. The molecule has 134 valence electrons. The molecule has 3 aromatic rings. The molecule has 0 saturated heterocycles. The van der Waals surface area contributed by atoms with E-state index in [1.807, 2.05) is 36.4 Å². The Morgan fingerprint density at radius 3 is 2.96 bits per heavy atom. The van der Waals surface area contributed by atoms with E-state index >= 15 is 0 Å². The Bertz CT molecular complexity index is 921. The number of aryl methyl sites for hydroxylation is 1. The highest BCUT2D eigenvalue weighted by Gasteiger charge is 2.24. The van der Waals surface area contributed by atoms with Crippen LogP contribution in [-0.4, -0.2) is 35.2 Å². The minimum absolute atomic E-state index is 0.00572. The Morgan fingerprint density at radius 2 is 2.12 bits per heavy atom. The van der Waals surface area contributed by atoms with Gasteiger partial charge in [-0.25, -0.2) is 4.98 Å². The minimum Gasteiger partial charge on any atom is -0.484 e. The van der Waals surface area contributed by atoms with Crippen LogP contribution in [0.25, 0.3) is 11.0 Å². The molecule has 0 radical (unpaired) electrons. The number of carbonyl (C=O) groups is 1. The van der Waals surface area contributed by atoms with E-state index in [1.54, 1.807) is 0 Å². The molecule has 0 aliphatic carbocycles. The summed E-state index contributed by atoms with van der Waals surface area (Å²) in [6.45, 7) is 3.57. The van der Waals surface area contributed by atoms with Crippen molar-refractivity contribution >= 4 is 16.9 Å². The van der Waals surface area contributed by atoms with Crippen LogP contribution in [0.15, 0.2) is 48.5 Å². The number of benzene rings is 2. The quantitative estimate of drug-likeness (QED) is 0.767. The van der Waals surface area contributed by atoms with Crippen LogP contribution in [0.5, 0.6) is 5.75 Å². The predicted octanol–water partition coefficient (Wildman–Crippen LogP) is 2.61. The minimum atomic E-state index is -0.151. The second-order valence-electron chi connectivity index (χ2n) is 6.42. The number of para-hydroxylation sites is 2. The Balaban J connectivity index is 1.43. The van der Waals surface area contributed by atoms with Crippen molar-refractivity contribution in [1.82, 2.24) is 14.9 Å². The molecule has 1 aliphatic rings. The third-order valence-electron chi connectivity index (χ3n) is 4.55. The molecule has 0 saturated carbocycles. The van der Waals surface area contributed by atoms with Crippen LogP contribution in [-0.2, 0) is 16.1 Å². The lowest BCUT2D eigenvalue weighted by molar-refractivity contribution is -0.123. The molecule has 0 spiro atoms. The molecule has 1 aromatic heterocycles.